The van der Waals surface area contributed by atoms with E-state index in [0.717, 1.165) is 22.2 Å². The second kappa shape index (κ2) is 10.7. The molecule has 2 aromatic heterocycles. The number of anilines is 2. The van der Waals surface area contributed by atoms with Gasteiger partial charge in [-0.3, -0.25) is 9.48 Å². The Morgan fingerprint density at radius 3 is 2.67 bits per heavy atom. The molecule has 0 aliphatic heterocycles. The van der Waals surface area contributed by atoms with Crippen LogP contribution in [0.2, 0.25) is 0 Å². The highest BCUT2D eigenvalue weighted by Gasteiger charge is 2.14. The molecule has 0 fully saturated rings. The van der Waals surface area contributed by atoms with Crippen molar-refractivity contribution in [2.45, 2.75) is 19.9 Å². The summed E-state index contributed by atoms with van der Waals surface area (Å²) in [5.74, 6) is 1.44. The van der Waals surface area contributed by atoms with Gasteiger partial charge in [-0.25, -0.2) is 9.97 Å². The molecule has 4 rings (SSSR count). The number of amides is 1. The molecule has 0 saturated carbocycles. The molecular formula is C26H28N8O2. The van der Waals surface area contributed by atoms with Gasteiger partial charge in [-0.15, -0.1) is 0 Å². The van der Waals surface area contributed by atoms with Gasteiger partial charge < -0.3 is 26.5 Å². The predicted molar refractivity (Wildman–Crippen MR) is 141 cm³/mol. The number of hydrogen-bond acceptors (Lipinski definition) is 8. The summed E-state index contributed by atoms with van der Waals surface area (Å²) in [5.41, 5.74) is 9.27. The Kier molecular flexibility index (Phi) is 7.24. The van der Waals surface area contributed by atoms with Gasteiger partial charge in [0.2, 0.25) is 0 Å². The van der Waals surface area contributed by atoms with E-state index >= 15 is 0 Å². The molecule has 1 amide bonds. The summed E-state index contributed by atoms with van der Waals surface area (Å²) < 4.78 is 7.36. The SMILES string of the molecule is CC(C)NC(=O)COc1cccc(-c2nc(Nc3ccc(/C(C=N)=C/N)cc3)c3cnn(C)c3n2)c1. The minimum Gasteiger partial charge on any atom is -0.484 e. The van der Waals surface area contributed by atoms with Gasteiger partial charge in [-0.2, -0.15) is 5.10 Å². The lowest BCUT2D eigenvalue weighted by atomic mass is 10.1. The molecule has 0 atom stereocenters. The fourth-order valence-electron chi connectivity index (χ4n) is 3.59. The highest BCUT2D eigenvalue weighted by molar-refractivity contribution is 6.08. The van der Waals surface area contributed by atoms with Crippen LogP contribution in [-0.4, -0.2) is 44.5 Å². The molecule has 0 aliphatic rings. The number of ether oxygens (including phenoxy) is 1. The molecule has 36 heavy (non-hydrogen) atoms. The fourth-order valence-corrected chi connectivity index (χ4v) is 3.59. The summed E-state index contributed by atoms with van der Waals surface area (Å²) in [6, 6.07) is 14.9. The molecule has 184 valence electrons. The lowest BCUT2D eigenvalue weighted by molar-refractivity contribution is -0.123. The number of aryl methyl sites for hydroxylation is 1. The van der Waals surface area contributed by atoms with Crippen LogP contribution in [0.25, 0.3) is 28.0 Å². The molecule has 0 unspecified atom stereocenters. The van der Waals surface area contributed by atoms with E-state index in [0.29, 0.717) is 28.6 Å². The van der Waals surface area contributed by atoms with Gasteiger partial charge in [0.25, 0.3) is 5.91 Å². The first-order valence-electron chi connectivity index (χ1n) is 11.4. The van der Waals surface area contributed by atoms with Crippen LogP contribution in [0.3, 0.4) is 0 Å². The first-order chi connectivity index (χ1) is 17.4. The van der Waals surface area contributed by atoms with E-state index < -0.39 is 0 Å². The third-order valence-corrected chi connectivity index (χ3v) is 5.32. The number of allylic oxidation sites excluding steroid dienone is 1. The summed E-state index contributed by atoms with van der Waals surface area (Å²) >= 11 is 0. The van der Waals surface area contributed by atoms with Crippen molar-refractivity contribution < 1.29 is 9.53 Å². The zero-order valence-electron chi connectivity index (χ0n) is 20.3. The number of rotatable bonds is 9. The Labute approximate surface area is 208 Å². The predicted octanol–water partition coefficient (Wildman–Crippen LogP) is 3.63. The van der Waals surface area contributed by atoms with Gasteiger partial charge in [-0.1, -0.05) is 24.3 Å². The highest BCUT2D eigenvalue weighted by Crippen LogP contribution is 2.29. The largest absolute Gasteiger partial charge is 0.484 e. The number of carbonyl (C=O) groups excluding carboxylic acids is 1. The minimum atomic E-state index is -0.185. The van der Waals surface area contributed by atoms with Gasteiger partial charge in [0.1, 0.15) is 11.6 Å². The maximum absolute atomic E-state index is 11.9. The summed E-state index contributed by atoms with van der Waals surface area (Å²) in [7, 11) is 1.82. The number of aromatic nitrogens is 4. The van der Waals surface area contributed by atoms with Crippen LogP contribution in [0, 0.1) is 5.41 Å². The van der Waals surface area contributed by atoms with Crippen LogP contribution in [-0.2, 0) is 11.8 Å². The number of fused-ring (bicyclic) bond motifs is 1. The molecule has 5 N–H and O–H groups in total. The first kappa shape index (κ1) is 24.4. The maximum Gasteiger partial charge on any atom is 0.258 e. The number of carbonyl (C=O) groups is 1. The molecule has 0 saturated heterocycles. The van der Waals surface area contributed by atoms with Crippen LogP contribution in [0.5, 0.6) is 5.75 Å². The van der Waals surface area contributed by atoms with Crippen LogP contribution in [0.15, 0.2) is 60.9 Å². The highest BCUT2D eigenvalue weighted by atomic mass is 16.5. The molecule has 0 radical (unpaired) electrons. The normalized spacial score (nSPS) is 11.5. The Hall–Kier alpha value is -4.73. The summed E-state index contributed by atoms with van der Waals surface area (Å²) in [4.78, 5) is 21.4. The number of nitrogens with two attached hydrogens (primary N) is 1. The van der Waals surface area contributed by atoms with E-state index in [9.17, 15) is 4.79 Å². The zero-order valence-corrected chi connectivity index (χ0v) is 20.3. The average molecular weight is 485 g/mol. The van der Waals surface area contributed by atoms with Crippen molar-refractivity contribution in [2.75, 3.05) is 11.9 Å². The first-order valence-corrected chi connectivity index (χ1v) is 11.4. The van der Waals surface area contributed by atoms with E-state index in [1.165, 1.54) is 12.4 Å². The quantitative estimate of drug-likeness (QED) is 0.266. The van der Waals surface area contributed by atoms with E-state index in [1.54, 1.807) is 23.0 Å². The summed E-state index contributed by atoms with van der Waals surface area (Å²) in [6.07, 6.45) is 4.33. The van der Waals surface area contributed by atoms with E-state index in [1.807, 2.05) is 57.3 Å². The molecule has 2 aromatic carbocycles. The topological polar surface area (TPSA) is 144 Å². The third-order valence-electron chi connectivity index (χ3n) is 5.32. The van der Waals surface area contributed by atoms with Gasteiger partial charge in [0.05, 0.1) is 11.6 Å². The molecule has 10 heteroatoms. The number of nitrogens with one attached hydrogen (secondary N) is 3. The number of benzene rings is 2. The van der Waals surface area contributed by atoms with Crippen LogP contribution < -0.4 is 21.1 Å². The van der Waals surface area contributed by atoms with Gasteiger partial charge in [0, 0.05) is 42.3 Å². The van der Waals surface area contributed by atoms with Crippen LogP contribution in [0.4, 0.5) is 11.5 Å². The van der Waals surface area contributed by atoms with Crippen molar-refractivity contribution in [3.05, 3.63) is 66.5 Å². The lowest BCUT2D eigenvalue weighted by Gasteiger charge is -2.12. The molecule has 0 spiro atoms. The smallest absolute Gasteiger partial charge is 0.258 e. The molecule has 4 aromatic rings. The molecule has 0 bridgehead atoms. The lowest BCUT2D eigenvalue weighted by Crippen LogP contribution is -2.34. The molecule has 2 heterocycles. The molecular weight excluding hydrogens is 456 g/mol. The van der Waals surface area contributed by atoms with Crippen molar-refractivity contribution in [3.63, 3.8) is 0 Å². The third kappa shape index (κ3) is 5.49. The maximum atomic E-state index is 11.9. The fraction of sp³-hybridized carbons (Fsp3) is 0.192. The Morgan fingerprint density at radius 2 is 1.97 bits per heavy atom. The van der Waals surface area contributed by atoms with E-state index in [2.05, 4.69) is 15.7 Å². The van der Waals surface area contributed by atoms with E-state index in [4.69, 9.17) is 25.8 Å². The van der Waals surface area contributed by atoms with Crippen molar-refractivity contribution in [1.82, 2.24) is 25.1 Å². The Bertz CT molecular complexity index is 1420. The second-order valence-corrected chi connectivity index (χ2v) is 8.41. The van der Waals surface area contributed by atoms with Gasteiger partial charge >= 0.3 is 0 Å². The van der Waals surface area contributed by atoms with Crippen LogP contribution >= 0.6 is 0 Å². The summed E-state index contributed by atoms with van der Waals surface area (Å²) in [5, 5.41) is 18.7. The Balaban J connectivity index is 1.63. The van der Waals surface area contributed by atoms with Gasteiger partial charge in [-0.05, 0) is 43.7 Å². The average Bonchev–Trinajstić information content (AvgIpc) is 3.25. The van der Waals surface area contributed by atoms with E-state index in [-0.39, 0.29) is 18.6 Å². The standard InChI is InChI=1S/C26H28N8O2/c1-16(2)30-23(35)15-36-21-6-4-5-18(11-21)24-32-25(22-14-29-34(3)26(22)33-24)31-20-9-7-17(8-10-20)19(12-27)13-28/h4-14,16,27H,15,28H2,1-3H3,(H,30,35)(H,31,32,33)/b19-13+,27-12?. The number of nitrogens with zero attached hydrogens (tertiary/aromatic N) is 4. The second-order valence-electron chi connectivity index (χ2n) is 8.41. The zero-order chi connectivity index (χ0) is 25.7. The van der Waals surface area contributed by atoms with Crippen LogP contribution in [0.1, 0.15) is 19.4 Å². The van der Waals surface area contributed by atoms with Crippen molar-refractivity contribution in [1.29, 1.82) is 5.41 Å². The van der Waals surface area contributed by atoms with Crippen molar-refractivity contribution in [3.8, 4) is 17.1 Å². The molecule has 10 nitrogen and oxygen atoms in total. The van der Waals surface area contributed by atoms with Crippen molar-refractivity contribution in [2.24, 2.45) is 12.8 Å². The summed E-state index contributed by atoms with van der Waals surface area (Å²) in [6.45, 7) is 3.72. The van der Waals surface area contributed by atoms with Crippen molar-refractivity contribution >= 4 is 40.2 Å². The van der Waals surface area contributed by atoms with Gasteiger partial charge in [0.15, 0.2) is 18.1 Å². The monoisotopic (exact) mass is 484 g/mol. The molecule has 0 aliphatic carbocycles. The number of hydrogen-bond donors (Lipinski definition) is 4. The Morgan fingerprint density at radius 1 is 1.19 bits per heavy atom. The minimum absolute atomic E-state index is 0.0451.